The number of hydrogen-bond donors (Lipinski definition) is 3. The molecule has 2 unspecified atom stereocenters. The molecule has 2 atom stereocenters. The SMILES string of the molecule is CCCCCCCCCCCC(C(=O)OC(=O)CCCCCCC)C(O)(CC(=O)O)C(=O)O. The Labute approximate surface area is 198 Å². The van der Waals surface area contributed by atoms with Gasteiger partial charge in [-0.05, 0) is 12.8 Å². The Morgan fingerprint density at radius 1 is 0.727 bits per heavy atom. The van der Waals surface area contributed by atoms with Crippen molar-refractivity contribution in [2.75, 3.05) is 0 Å². The largest absolute Gasteiger partial charge is 0.481 e. The Morgan fingerprint density at radius 2 is 1.18 bits per heavy atom. The van der Waals surface area contributed by atoms with Crippen molar-refractivity contribution >= 4 is 23.9 Å². The number of esters is 2. The summed E-state index contributed by atoms with van der Waals surface area (Å²) in [6.45, 7) is 4.23. The Bertz CT molecular complexity index is 589. The average Bonchev–Trinajstić information content (AvgIpc) is 2.74. The van der Waals surface area contributed by atoms with Crippen LogP contribution in [0.3, 0.4) is 0 Å². The van der Waals surface area contributed by atoms with Gasteiger partial charge in [0.25, 0.3) is 0 Å². The van der Waals surface area contributed by atoms with Crippen molar-refractivity contribution in [2.45, 2.75) is 129 Å². The van der Waals surface area contributed by atoms with Gasteiger partial charge in [0.1, 0.15) is 0 Å². The second kappa shape index (κ2) is 18.5. The highest BCUT2D eigenvalue weighted by atomic mass is 16.6. The van der Waals surface area contributed by atoms with Crippen molar-refractivity contribution in [1.29, 1.82) is 0 Å². The molecule has 0 aliphatic heterocycles. The predicted octanol–water partition coefficient (Wildman–Crippen LogP) is 5.24. The number of unbranched alkanes of at least 4 members (excludes halogenated alkanes) is 12. The number of hydrogen-bond acceptors (Lipinski definition) is 6. The van der Waals surface area contributed by atoms with E-state index in [4.69, 9.17) is 9.84 Å². The van der Waals surface area contributed by atoms with Gasteiger partial charge in [-0.25, -0.2) is 4.79 Å². The molecule has 33 heavy (non-hydrogen) atoms. The zero-order valence-corrected chi connectivity index (χ0v) is 20.5. The number of carboxylic acids is 2. The van der Waals surface area contributed by atoms with Crippen molar-refractivity contribution in [3.05, 3.63) is 0 Å². The number of carbonyl (C=O) groups excluding carboxylic acids is 2. The number of carboxylic acid groups (broad SMARTS) is 2. The minimum Gasteiger partial charge on any atom is -0.481 e. The third kappa shape index (κ3) is 14.0. The zero-order valence-electron chi connectivity index (χ0n) is 20.5. The molecule has 0 amide bonds. The van der Waals surface area contributed by atoms with Gasteiger partial charge in [-0.2, -0.15) is 0 Å². The summed E-state index contributed by atoms with van der Waals surface area (Å²) in [5.41, 5.74) is -2.83. The highest BCUT2D eigenvalue weighted by molar-refractivity contribution is 5.93. The maximum absolute atomic E-state index is 12.6. The van der Waals surface area contributed by atoms with Gasteiger partial charge < -0.3 is 20.1 Å². The molecule has 0 rings (SSSR count). The molecule has 0 aliphatic carbocycles. The summed E-state index contributed by atoms with van der Waals surface area (Å²) in [6, 6.07) is 0. The Hall–Kier alpha value is -1.96. The average molecular weight is 473 g/mol. The van der Waals surface area contributed by atoms with Crippen molar-refractivity contribution < 1.29 is 39.2 Å². The zero-order chi connectivity index (χ0) is 25.1. The molecule has 0 aromatic carbocycles. The van der Waals surface area contributed by atoms with Gasteiger partial charge in [0.15, 0.2) is 5.60 Å². The van der Waals surface area contributed by atoms with Crippen molar-refractivity contribution in [2.24, 2.45) is 5.92 Å². The van der Waals surface area contributed by atoms with Crippen LogP contribution < -0.4 is 0 Å². The van der Waals surface area contributed by atoms with Crippen molar-refractivity contribution in [3.8, 4) is 0 Å². The molecular formula is C25H44O8. The van der Waals surface area contributed by atoms with Crippen LogP contribution in [0.1, 0.15) is 123 Å². The van der Waals surface area contributed by atoms with Gasteiger partial charge in [0.05, 0.1) is 12.3 Å². The molecule has 0 fully saturated rings. The first-order valence-corrected chi connectivity index (χ1v) is 12.6. The van der Waals surface area contributed by atoms with E-state index >= 15 is 0 Å². The summed E-state index contributed by atoms with van der Waals surface area (Å²) in [4.78, 5) is 47.6. The van der Waals surface area contributed by atoms with E-state index in [0.29, 0.717) is 19.3 Å². The highest BCUT2D eigenvalue weighted by Crippen LogP contribution is 2.29. The first kappa shape index (κ1) is 31.0. The molecule has 0 saturated heterocycles. The lowest BCUT2D eigenvalue weighted by molar-refractivity contribution is -0.184. The van der Waals surface area contributed by atoms with E-state index in [2.05, 4.69) is 13.8 Å². The fourth-order valence-electron chi connectivity index (χ4n) is 3.90. The fraction of sp³-hybridized carbons (Fsp3) is 0.840. The molecule has 0 heterocycles. The third-order valence-corrected chi connectivity index (χ3v) is 5.95. The van der Waals surface area contributed by atoms with Crippen LogP contribution in [0.4, 0.5) is 0 Å². The van der Waals surface area contributed by atoms with Crippen molar-refractivity contribution in [3.63, 3.8) is 0 Å². The molecule has 0 saturated carbocycles. The third-order valence-electron chi connectivity index (χ3n) is 5.95. The Morgan fingerprint density at radius 3 is 1.64 bits per heavy atom. The summed E-state index contributed by atoms with van der Waals surface area (Å²) in [5.74, 6) is -6.93. The number of aliphatic hydroxyl groups is 1. The van der Waals surface area contributed by atoms with Crippen LogP contribution in [0.5, 0.6) is 0 Å². The monoisotopic (exact) mass is 472 g/mol. The topological polar surface area (TPSA) is 138 Å². The highest BCUT2D eigenvalue weighted by Gasteiger charge is 2.50. The molecule has 0 aliphatic rings. The summed E-state index contributed by atoms with van der Waals surface area (Å²) in [7, 11) is 0. The van der Waals surface area contributed by atoms with Gasteiger partial charge in [-0.1, -0.05) is 97.3 Å². The smallest absolute Gasteiger partial charge is 0.337 e. The van der Waals surface area contributed by atoms with Gasteiger partial charge in [0, 0.05) is 6.42 Å². The summed E-state index contributed by atoms with van der Waals surface area (Å²) in [6.07, 6.45) is 12.2. The maximum Gasteiger partial charge on any atom is 0.337 e. The van der Waals surface area contributed by atoms with Gasteiger partial charge >= 0.3 is 23.9 Å². The lowest BCUT2D eigenvalue weighted by Gasteiger charge is -2.29. The van der Waals surface area contributed by atoms with E-state index in [1.165, 1.54) is 25.7 Å². The molecule has 0 aromatic rings. The number of aliphatic carboxylic acids is 2. The normalized spacial score (nSPS) is 13.8. The summed E-state index contributed by atoms with van der Waals surface area (Å²) < 4.78 is 4.84. The Balaban J connectivity index is 4.87. The lowest BCUT2D eigenvalue weighted by Crippen LogP contribution is -2.51. The van der Waals surface area contributed by atoms with E-state index in [-0.39, 0.29) is 12.8 Å². The quantitative estimate of drug-likeness (QED) is 0.117. The van der Waals surface area contributed by atoms with Gasteiger partial charge in [-0.15, -0.1) is 0 Å². The number of rotatable bonds is 21. The summed E-state index contributed by atoms with van der Waals surface area (Å²) >= 11 is 0. The van der Waals surface area contributed by atoms with Crippen LogP contribution in [0, 0.1) is 5.92 Å². The van der Waals surface area contributed by atoms with E-state index in [1.807, 2.05) is 0 Å². The first-order valence-electron chi connectivity index (χ1n) is 12.6. The lowest BCUT2D eigenvalue weighted by atomic mass is 9.81. The molecule has 3 N–H and O–H groups in total. The minimum absolute atomic E-state index is 0.0185. The van der Waals surface area contributed by atoms with E-state index < -0.39 is 41.8 Å². The van der Waals surface area contributed by atoms with Crippen LogP contribution in [-0.4, -0.2) is 44.8 Å². The number of carbonyl (C=O) groups is 4. The number of ether oxygens (including phenoxy) is 1. The molecule has 0 aromatic heterocycles. The second-order valence-electron chi connectivity index (χ2n) is 8.93. The summed E-state index contributed by atoms with van der Waals surface area (Å²) in [5, 5.41) is 29.2. The predicted molar refractivity (Wildman–Crippen MR) is 125 cm³/mol. The molecule has 0 spiro atoms. The molecule has 8 nitrogen and oxygen atoms in total. The molecular weight excluding hydrogens is 428 g/mol. The molecule has 0 bridgehead atoms. The van der Waals surface area contributed by atoms with Crippen LogP contribution in [0.2, 0.25) is 0 Å². The Kier molecular flexibility index (Phi) is 17.4. The maximum atomic E-state index is 12.6. The van der Waals surface area contributed by atoms with Crippen LogP contribution >= 0.6 is 0 Å². The van der Waals surface area contributed by atoms with E-state index in [0.717, 1.165) is 44.9 Å². The fourth-order valence-corrected chi connectivity index (χ4v) is 3.90. The first-order chi connectivity index (χ1) is 15.7. The molecule has 0 radical (unpaired) electrons. The molecule has 192 valence electrons. The van der Waals surface area contributed by atoms with Crippen molar-refractivity contribution in [1.82, 2.24) is 0 Å². The second-order valence-corrected chi connectivity index (χ2v) is 8.93. The minimum atomic E-state index is -2.83. The molecule has 8 heteroatoms. The van der Waals surface area contributed by atoms with Gasteiger partial charge in [-0.3, -0.25) is 14.4 Å². The standard InChI is InChI=1S/C25H44O8/c1-3-5-7-9-10-11-12-14-15-17-20(25(32,24(30)31)19-21(26)27)23(29)33-22(28)18-16-13-8-6-4-2/h20,32H,3-19H2,1-2H3,(H,26,27)(H,30,31). The van der Waals surface area contributed by atoms with Crippen LogP contribution in [0.25, 0.3) is 0 Å². The van der Waals surface area contributed by atoms with E-state index in [1.54, 1.807) is 0 Å². The van der Waals surface area contributed by atoms with Crippen LogP contribution in [-0.2, 0) is 23.9 Å². The van der Waals surface area contributed by atoms with Crippen LogP contribution in [0.15, 0.2) is 0 Å². The van der Waals surface area contributed by atoms with E-state index in [9.17, 15) is 29.4 Å². The van der Waals surface area contributed by atoms with Gasteiger partial charge in [0.2, 0.25) is 0 Å².